The third-order valence-corrected chi connectivity index (χ3v) is 6.95. The Bertz CT molecular complexity index is 1340. The summed E-state index contributed by atoms with van der Waals surface area (Å²) in [5.74, 6) is 1.06. The minimum absolute atomic E-state index is 0.321. The van der Waals surface area contributed by atoms with E-state index in [-0.39, 0.29) is 0 Å². The Morgan fingerprint density at radius 1 is 0.906 bits per heavy atom. The van der Waals surface area contributed by atoms with Gasteiger partial charge in [-0.2, -0.15) is 0 Å². The third-order valence-electron chi connectivity index (χ3n) is 6.95. The molecule has 0 saturated carbocycles. The van der Waals surface area contributed by atoms with Crippen LogP contribution >= 0.6 is 0 Å². The topological polar surface area (TPSA) is 24.4 Å². The van der Waals surface area contributed by atoms with Gasteiger partial charge in [-0.1, -0.05) is 84.4 Å². The minimum atomic E-state index is 0.321. The molecular weight excluding hydrogens is 388 g/mol. The number of nitrogens with zero attached hydrogens (tertiary/aromatic N) is 1. The molecular formula is C30H26N2. The molecule has 1 heterocycles. The number of hydrogen-bond donors (Lipinski definition) is 1. The summed E-state index contributed by atoms with van der Waals surface area (Å²) in [4.78, 5) is 4.77. The molecule has 1 aliphatic heterocycles. The molecule has 156 valence electrons. The van der Waals surface area contributed by atoms with E-state index in [4.69, 9.17) is 4.99 Å². The van der Waals surface area contributed by atoms with Crippen LogP contribution in [0.5, 0.6) is 0 Å². The average molecular weight is 415 g/mol. The van der Waals surface area contributed by atoms with Crippen molar-refractivity contribution in [2.75, 3.05) is 5.32 Å². The second-order valence-corrected chi connectivity index (χ2v) is 8.98. The van der Waals surface area contributed by atoms with E-state index in [1.54, 1.807) is 0 Å². The van der Waals surface area contributed by atoms with Gasteiger partial charge in [0.05, 0.1) is 11.7 Å². The zero-order valence-corrected chi connectivity index (χ0v) is 18.2. The van der Waals surface area contributed by atoms with Gasteiger partial charge in [-0.25, -0.2) is 0 Å². The SMILES string of the molecule is Cc1ccc2c(c1)[C@@H]1C=CC[C@@H]1[C@@H](c1ccc(N=Cc3cccc4ccccc34)cc1)N2. The molecule has 2 nitrogen and oxygen atoms in total. The average Bonchev–Trinajstić information content (AvgIpc) is 3.33. The number of anilines is 1. The molecule has 3 atom stereocenters. The smallest absolute Gasteiger partial charge is 0.0630 e. The van der Waals surface area contributed by atoms with Crippen LogP contribution in [0.1, 0.15) is 40.6 Å². The number of aryl methyl sites for hydroxylation is 1. The van der Waals surface area contributed by atoms with E-state index >= 15 is 0 Å². The van der Waals surface area contributed by atoms with E-state index in [0.29, 0.717) is 17.9 Å². The number of nitrogens with one attached hydrogen (secondary N) is 1. The van der Waals surface area contributed by atoms with E-state index in [0.717, 1.165) is 17.7 Å². The fraction of sp³-hybridized carbons (Fsp3) is 0.167. The van der Waals surface area contributed by atoms with Crippen molar-refractivity contribution in [1.29, 1.82) is 0 Å². The van der Waals surface area contributed by atoms with Gasteiger partial charge in [0, 0.05) is 23.4 Å². The molecule has 0 bridgehead atoms. The molecule has 0 spiro atoms. The first-order chi connectivity index (χ1) is 15.8. The Morgan fingerprint density at radius 3 is 2.66 bits per heavy atom. The first-order valence-corrected chi connectivity index (χ1v) is 11.4. The Kier molecular flexibility index (Phi) is 4.65. The highest BCUT2D eigenvalue weighted by Gasteiger charge is 2.37. The predicted molar refractivity (Wildman–Crippen MR) is 135 cm³/mol. The Hall–Kier alpha value is -3.65. The summed E-state index contributed by atoms with van der Waals surface area (Å²) in [6, 6.07) is 30.7. The van der Waals surface area contributed by atoms with Crippen molar-refractivity contribution in [1.82, 2.24) is 0 Å². The highest BCUT2D eigenvalue weighted by molar-refractivity contribution is 6.00. The predicted octanol–water partition coefficient (Wildman–Crippen LogP) is 7.73. The second-order valence-electron chi connectivity index (χ2n) is 8.98. The maximum absolute atomic E-state index is 4.77. The van der Waals surface area contributed by atoms with E-state index in [2.05, 4.69) is 109 Å². The van der Waals surface area contributed by atoms with Crippen molar-refractivity contribution >= 4 is 28.4 Å². The monoisotopic (exact) mass is 414 g/mol. The maximum Gasteiger partial charge on any atom is 0.0630 e. The van der Waals surface area contributed by atoms with Crippen LogP contribution in [0, 0.1) is 12.8 Å². The van der Waals surface area contributed by atoms with Gasteiger partial charge in [-0.15, -0.1) is 0 Å². The van der Waals surface area contributed by atoms with E-state index in [9.17, 15) is 0 Å². The summed E-state index contributed by atoms with van der Waals surface area (Å²) in [6.45, 7) is 2.18. The lowest BCUT2D eigenvalue weighted by molar-refractivity contribution is 0.425. The summed E-state index contributed by atoms with van der Waals surface area (Å²) in [6.07, 6.45) is 7.85. The van der Waals surface area contributed by atoms with Crippen LogP contribution in [0.25, 0.3) is 10.8 Å². The summed E-state index contributed by atoms with van der Waals surface area (Å²) < 4.78 is 0. The number of fused-ring (bicyclic) bond motifs is 4. The van der Waals surface area contributed by atoms with E-state index in [1.165, 1.54) is 33.2 Å². The quantitative estimate of drug-likeness (QED) is 0.269. The molecule has 1 aliphatic carbocycles. The van der Waals surface area contributed by atoms with Crippen LogP contribution < -0.4 is 5.32 Å². The lowest BCUT2D eigenvalue weighted by Crippen LogP contribution is -2.29. The van der Waals surface area contributed by atoms with Crippen molar-refractivity contribution in [3.63, 3.8) is 0 Å². The Balaban J connectivity index is 1.27. The molecule has 4 aromatic rings. The fourth-order valence-corrected chi connectivity index (χ4v) is 5.32. The van der Waals surface area contributed by atoms with Crippen LogP contribution in [-0.2, 0) is 0 Å². The van der Waals surface area contributed by atoms with Gasteiger partial charge in [0.2, 0.25) is 0 Å². The van der Waals surface area contributed by atoms with Crippen molar-refractivity contribution in [2.45, 2.75) is 25.3 Å². The number of rotatable bonds is 3. The number of benzene rings is 4. The van der Waals surface area contributed by atoms with Crippen LogP contribution in [0.4, 0.5) is 11.4 Å². The molecule has 0 saturated heterocycles. The summed E-state index contributed by atoms with van der Waals surface area (Å²) in [7, 11) is 0. The van der Waals surface area contributed by atoms with Gasteiger partial charge in [0.1, 0.15) is 0 Å². The molecule has 0 aromatic heterocycles. The lowest BCUT2D eigenvalue weighted by Gasteiger charge is -2.37. The molecule has 0 radical (unpaired) electrons. The zero-order chi connectivity index (χ0) is 21.5. The molecule has 0 unspecified atom stereocenters. The highest BCUT2D eigenvalue weighted by Crippen LogP contribution is 2.50. The van der Waals surface area contributed by atoms with Crippen molar-refractivity contribution in [3.05, 3.63) is 119 Å². The number of aliphatic imine (C=N–C) groups is 1. The molecule has 1 N–H and O–H groups in total. The highest BCUT2D eigenvalue weighted by atomic mass is 15.0. The van der Waals surface area contributed by atoms with Gasteiger partial charge in [0.15, 0.2) is 0 Å². The lowest BCUT2D eigenvalue weighted by atomic mass is 9.76. The van der Waals surface area contributed by atoms with Crippen LogP contribution in [0.15, 0.2) is 102 Å². The summed E-state index contributed by atoms with van der Waals surface area (Å²) >= 11 is 0. The van der Waals surface area contributed by atoms with Crippen LogP contribution in [0.3, 0.4) is 0 Å². The maximum atomic E-state index is 4.77. The number of hydrogen-bond acceptors (Lipinski definition) is 2. The van der Waals surface area contributed by atoms with Gasteiger partial charge in [0.25, 0.3) is 0 Å². The Labute approximate surface area is 189 Å². The summed E-state index contributed by atoms with van der Waals surface area (Å²) in [5.41, 5.74) is 7.50. The standard InChI is InChI=1S/C30H26N2/c1-20-12-17-29-28(18-20)26-10-5-11-27(26)30(32-29)22-13-15-24(16-14-22)31-19-23-8-4-7-21-6-2-3-9-25(21)23/h2-10,12-19,26-27,30,32H,11H2,1H3/t26-,27+,30-/m1/s1. The second kappa shape index (κ2) is 7.80. The van der Waals surface area contributed by atoms with Gasteiger partial charge < -0.3 is 5.32 Å². The van der Waals surface area contributed by atoms with Crippen molar-refractivity contribution in [2.24, 2.45) is 10.9 Å². The summed E-state index contributed by atoms with van der Waals surface area (Å²) in [5, 5.41) is 6.30. The van der Waals surface area contributed by atoms with Crippen LogP contribution in [0.2, 0.25) is 0 Å². The minimum Gasteiger partial charge on any atom is -0.378 e. The largest absolute Gasteiger partial charge is 0.378 e. The Morgan fingerprint density at radius 2 is 1.75 bits per heavy atom. The molecule has 4 aromatic carbocycles. The molecule has 0 amide bonds. The molecule has 2 aliphatic rings. The molecule has 2 heteroatoms. The van der Waals surface area contributed by atoms with Crippen molar-refractivity contribution in [3.8, 4) is 0 Å². The first-order valence-electron chi connectivity index (χ1n) is 11.4. The first kappa shape index (κ1) is 19.1. The molecule has 6 rings (SSSR count). The zero-order valence-electron chi connectivity index (χ0n) is 18.2. The third kappa shape index (κ3) is 3.33. The number of allylic oxidation sites excluding steroid dienone is 2. The normalized spacial score (nSPS) is 21.5. The van der Waals surface area contributed by atoms with E-state index in [1.807, 2.05) is 6.21 Å². The molecule has 32 heavy (non-hydrogen) atoms. The molecule has 0 fully saturated rings. The van der Waals surface area contributed by atoms with Gasteiger partial charge in [-0.3, -0.25) is 4.99 Å². The van der Waals surface area contributed by atoms with Gasteiger partial charge in [-0.05, 0) is 59.4 Å². The van der Waals surface area contributed by atoms with Crippen LogP contribution in [-0.4, -0.2) is 6.21 Å². The van der Waals surface area contributed by atoms with Gasteiger partial charge >= 0.3 is 0 Å². The van der Waals surface area contributed by atoms with E-state index < -0.39 is 0 Å². The fourth-order valence-electron chi connectivity index (χ4n) is 5.32. The van der Waals surface area contributed by atoms with Crippen molar-refractivity contribution < 1.29 is 0 Å².